The van der Waals surface area contributed by atoms with Crippen LogP contribution >= 0.6 is 0 Å². The summed E-state index contributed by atoms with van der Waals surface area (Å²) in [4.78, 5) is 22.3. The number of nitrogens with zero attached hydrogens (tertiary/aromatic N) is 5. The van der Waals surface area contributed by atoms with Crippen LogP contribution in [0, 0.1) is 12.7 Å². The molecule has 0 radical (unpaired) electrons. The molecule has 2 N–H and O–H groups in total. The van der Waals surface area contributed by atoms with Gasteiger partial charge in [-0.25, -0.2) is 14.1 Å². The van der Waals surface area contributed by atoms with E-state index in [9.17, 15) is 22.4 Å². The van der Waals surface area contributed by atoms with Crippen LogP contribution in [0.25, 0.3) is 28.0 Å². The third kappa shape index (κ3) is 5.82. The van der Waals surface area contributed by atoms with E-state index in [0.717, 1.165) is 22.2 Å². The molecule has 5 aromatic rings. The molecule has 12 heteroatoms. The van der Waals surface area contributed by atoms with Gasteiger partial charge in [0.05, 0.1) is 17.4 Å². The van der Waals surface area contributed by atoms with Gasteiger partial charge in [-0.1, -0.05) is 11.3 Å². The van der Waals surface area contributed by atoms with Crippen molar-refractivity contribution in [2.75, 3.05) is 12.4 Å². The molecule has 0 spiro atoms. The highest BCUT2D eigenvalue weighted by Crippen LogP contribution is 2.35. The standard InChI is InChI=1S/C29H27F4N7O/c1-16(2)39(4)14-21-10-22(12-23(26(21)30)29(31,32)33)36-28(41)19-6-5-17(3)25(11-19)40-15-24(37-38-40)20-9-18-7-8-34-27(18)35-13-20/h5-13,15-16H,14H2,1-4H3,(H,34,35)(H,36,41). The number of halogens is 4. The predicted molar refractivity (Wildman–Crippen MR) is 147 cm³/mol. The number of fused-ring (bicyclic) bond motifs is 1. The lowest BCUT2D eigenvalue weighted by molar-refractivity contribution is -0.140. The van der Waals surface area contributed by atoms with E-state index >= 15 is 0 Å². The van der Waals surface area contributed by atoms with Crippen molar-refractivity contribution < 1.29 is 22.4 Å². The number of aryl methyl sites for hydroxylation is 1. The minimum absolute atomic E-state index is 0.0296. The van der Waals surface area contributed by atoms with Gasteiger partial charge in [-0.15, -0.1) is 5.10 Å². The van der Waals surface area contributed by atoms with Crippen LogP contribution in [0.15, 0.2) is 61.1 Å². The fourth-order valence-corrected chi connectivity index (χ4v) is 4.32. The van der Waals surface area contributed by atoms with Gasteiger partial charge in [-0.05, 0) is 69.8 Å². The summed E-state index contributed by atoms with van der Waals surface area (Å²) in [6.07, 6.45) is 0.236. The van der Waals surface area contributed by atoms with Crippen LogP contribution in [-0.2, 0) is 12.7 Å². The number of amides is 1. The lowest BCUT2D eigenvalue weighted by Gasteiger charge is -2.23. The lowest BCUT2D eigenvalue weighted by Crippen LogP contribution is -2.27. The topological polar surface area (TPSA) is 91.7 Å². The smallest absolute Gasteiger partial charge is 0.346 e. The number of aromatic nitrogens is 5. The first-order chi connectivity index (χ1) is 19.4. The average Bonchev–Trinajstić information content (AvgIpc) is 3.59. The second-order valence-electron chi connectivity index (χ2n) is 10.1. The zero-order valence-corrected chi connectivity index (χ0v) is 22.7. The molecule has 0 unspecified atom stereocenters. The summed E-state index contributed by atoms with van der Waals surface area (Å²) in [6.45, 7) is 5.46. The maximum absolute atomic E-state index is 14.8. The van der Waals surface area contributed by atoms with Crippen LogP contribution in [0.3, 0.4) is 0 Å². The van der Waals surface area contributed by atoms with Gasteiger partial charge in [0.15, 0.2) is 0 Å². The maximum atomic E-state index is 14.8. The number of pyridine rings is 1. The summed E-state index contributed by atoms with van der Waals surface area (Å²) in [5.74, 6) is -2.01. The quantitative estimate of drug-likeness (QED) is 0.224. The number of aromatic amines is 1. The summed E-state index contributed by atoms with van der Waals surface area (Å²) < 4.78 is 57.3. The minimum Gasteiger partial charge on any atom is -0.346 e. The highest BCUT2D eigenvalue weighted by atomic mass is 19.4. The molecule has 0 aliphatic heterocycles. The number of anilines is 1. The van der Waals surface area contributed by atoms with E-state index in [1.54, 1.807) is 48.7 Å². The third-order valence-corrected chi connectivity index (χ3v) is 6.92. The molecule has 0 saturated heterocycles. The first-order valence-electron chi connectivity index (χ1n) is 12.8. The molecule has 3 heterocycles. The Bertz CT molecular complexity index is 1740. The Hall–Kier alpha value is -4.58. The Balaban J connectivity index is 1.43. The van der Waals surface area contributed by atoms with Crippen LogP contribution in [0.2, 0.25) is 0 Å². The molecule has 1 amide bonds. The Morgan fingerprint density at radius 3 is 2.66 bits per heavy atom. The van der Waals surface area contributed by atoms with E-state index in [2.05, 4.69) is 25.6 Å². The number of nitrogens with one attached hydrogen (secondary N) is 2. The van der Waals surface area contributed by atoms with E-state index in [0.29, 0.717) is 17.4 Å². The fraction of sp³-hybridized carbons (Fsp3) is 0.241. The molecule has 0 aliphatic rings. The number of H-pyrrole nitrogens is 1. The van der Waals surface area contributed by atoms with Gasteiger partial charge in [0.2, 0.25) is 0 Å². The van der Waals surface area contributed by atoms with Crippen LogP contribution in [0.4, 0.5) is 23.2 Å². The highest BCUT2D eigenvalue weighted by Gasteiger charge is 2.36. The Kier molecular flexibility index (Phi) is 7.35. The summed E-state index contributed by atoms with van der Waals surface area (Å²) in [5, 5.41) is 11.9. The highest BCUT2D eigenvalue weighted by molar-refractivity contribution is 6.04. The zero-order valence-electron chi connectivity index (χ0n) is 22.7. The second-order valence-corrected chi connectivity index (χ2v) is 10.1. The predicted octanol–water partition coefficient (Wildman–Crippen LogP) is 6.37. The summed E-state index contributed by atoms with van der Waals surface area (Å²) in [6, 6.07) is 10.5. The first kappa shape index (κ1) is 28.0. The van der Waals surface area contributed by atoms with Crippen LogP contribution in [0.1, 0.15) is 40.9 Å². The molecule has 3 aromatic heterocycles. The number of benzene rings is 2. The van der Waals surface area contributed by atoms with Crippen molar-refractivity contribution in [3.63, 3.8) is 0 Å². The van der Waals surface area contributed by atoms with Gasteiger partial charge >= 0.3 is 6.18 Å². The molecule has 212 valence electrons. The van der Waals surface area contributed by atoms with E-state index < -0.39 is 23.5 Å². The molecular weight excluding hydrogens is 538 g/mol. The maximum Gasteiger partial charge on any atom is 0.419 e. The third-order valence-electron chi connectivity index (χ3n) is 6.92. The number of carbonyl (C=O) groups excluding carboxylic acids is 1. The monoisotopic (exact) mass is 565 g/mol. The number of rotatable bonds is 7. The van der Waals surface area contributed by atoms with Gasteiger partial charge in [0.1, 0.15) is 17.2 Å². The van der Waals surface area contributed by atoms with E-state index in [4.69, 9.17) is 0 Å². The number of hydrogen-bond acceptors (Lipinski definition) is 5. The van der Waals surface area contributed by atoms with Crippen molar-refractivity contribution in [1.82, 2.24) is 29.9 Å². The van der Waals surface area contributed by atoms with Crippen molar-refractivity contribution in [2.24, 2.45) is 0 Å². The van der Waals surface area contributed by atoms with Gasteiger partial charge in [0, 0.05) is 52.7 Å². The van der Waals surface area contributed by atoms with E-state index in [1.807, 2.05) is 32.9 Å². The lowest BCUT2D eigenvalue weighted by atomic mass is 10.1. The number of carbonyl (C=O) groups is 1. The fourth-order valence-electron chi connectivity index (χ4n) is 4.32. The molecule has 0 fully saturated rings. The van der Waals surface area contributed by atoms with Gasteiger partial charge in [-0.2, -0.15) is 13.2 Å². The normalized spacial score (nSPS) is 12.0. The van der Waals surface area contributed by atoms with Crippen LogP contribution in [0.5, 0.6) is 0 Å². The molecule has 0 aliphatic carbocycles. The van der Waals surface area contributed by atoms with Crippen molar-refractivity contribution in [2.45, 2.75) is 39.5 Å². The van der Waals surface area contributed by atoms with E-state index in [1.165, 1.54) is 10.7 Å². The second kappa shape index (κ2) is 10.8. The molecular formula is C29H27F4N7O. The summed E-state index contributed by atoms with van der Waals surface area (Å²) >= 11 is 0. The summed E-state index contributed by atoms with van der Waals surface area (Å²) in [5.41, 5.74) is 1.83. The van der Waals surface area contributed by atoms with Gasteiger partial charge < -0.3 is 10.3 Å². The van der Waals surface area contributed by atoms with Crippen molar-refractivity contribution in [1.29, 1.82) is 0 Å². The Morgan fingerprint density at radius 2 is 1.93 bits per heavy atom. The molecule has 5 rings (SSSR count). The number of hydrogen-bond donors (Lipinski definition) is 2. The SMILES string of the molecule is Cc1ccc(C(=O)Nc2cc(CN(C)C(C)C)c(F)c(C(F)(F)F)c2)cc1-n1cc(-c2cnc3[nH]ccc3c2)nn1. The Labute approximate surface area is 233 Å². The molecule has 0 atom stereocenters. The van der Waals surface area contributed by atoms with Gasteiger partial charge in [0.25, 0.3) is 5.91 Å². The molecule has 8 nitrogen and oxygen atoms in total. The molecule has 41 heavy (non-hydrogen) atoms. The minimum atomic E-state index is -4.93. The van der Waals surface area contributed by atoms with Crippen LogP contribution < -0.4 is 5.32 Å². The van der Waals surface area contributed by atoms with Crippen molar-refractivity contribution >= 4 is 22.6 Å². The van der Waals surface area contributed by atoms with Crippen molar-refractivity contribution in [3.05, 3.63) is 89.1 Å². The van der Waals surface area contributed by atoms with E-state index in [-0.39, 0.29) is 29.4 Å². The zero-order chi connectivity index (χ0) is 29.5. The van der Waals surface area contributed by atoms with Crippen LogP contribution in [-0.4, -0.2) is 48.9 Å². The molecule has 0 bridgehead atoms. The first-order valence-corrected chi connectivity index (χ1v) is 12.8. The van der Waals surface area contributed by atoms with Crippen molar-refractivity contribution in [3.8, 4) is 16.9 Å². The average molecular weight is 566 g/mol. The van der Waals surface area contributed by atoms with Gasteiger partial charge in [-0.3, -0.25) is 9.69 Å². The largest absolute Gasteiger partial charge is 0.419 e. The Morgan fingerprint density at radius 1 is 1.15 bits per heavy atom. The molecule has 2 aromatic carbocycles. The number of alkyl halides is 3. The molecule has 0 saturated carbocycles. The summed E-state index contributed by atoms with van der Waals surface area (Å²) in [7, 11) is 1.68.